The Morgan fingerprint density at radius 1 is 1.21 bits per heavy atom. The van der Waals surface area contributed by atoms with Crippen molar-refractivity contribution in [2.24, 2.45) is 16.5 Å². The summed E-state index contributed by atoms with van der Waals surface area (Å²) in [6.45, 7) is 0. The van der Waals surface area contributed by atoms with Crippen molar-refractivity contribution in [3.05, 3.63) is 46.8 Å². The Kier molecular flexibility index (Phi) is 3.37. The van der Waals surface area contributed by atoms with Crippen LogP contribution < -0.4 is 16.8 Å². The molecule has 6 nitrogen and oxygen atoms in total. The number of nitrogens with zero attached hydrogens (tertiary/aromatic N) is 1. The molecule has 0 atom stereocenters. The molecular formula is C18H19N5O. The fourth-order valence-corrected chi connectivity index (χ4v) is 3.46. The van der Waals surface area contributed by atoms with E-state index in [4.69, 9.17) is 11.5 Å². The zero-order chi connectivity index (χ0) is 16.7. The molecule has 0 spiro atoms. The maximum absolute atomic E-state index is 12.4. The van der Waals surface area contributed by atoms with Crippen LogP contribution in [0.4, 0.5) is 11.4 Å². The van der Waals surface area contributed by atoms with Crippen molar-refractivity contribution in [2.45, 2.75) is 25.7 Å². The number of anilines is 1. The molecule has 1 aromatic heterocycles. The molecule has 1 amide bonds. The summed E-state index contributed by atoms with van der Waals surface area (Å²) in [6.07, 6.45) is 8.50. The molecule has 0 radical (unpaired) electrons. The lowest BCUT2D eigenvalue weighted by Gasteiger charge is -2.11. The van der Waals surface area contributed by atoms with E-state index in [0.29, 0.717) is 11.3 Å². The summed E-state index contributed by atoms with van der Waals surface area (Å²) >= 11 is 0. The number of carbonyl (C=O) groups excluding carboxylic acids is 1. The van der Waals surface area contributed by atoms with Crippen LogP contribution in [0.5, 0.6) is 0 Å². The van der Waals surface area contributed by atoms with Crippen LogP contribution in [-0.4, -0.2) is 16.9 Å². The minimum Gasteiger partial charge on any atom is -0.370 e. The molecule has 0 saturated carbocycles. The molecule has 0 unspecified atom stereocenters. The number of aryl methyl sites for hydroxylation is 1. The number of aromatic nitrogens is 1. The Morgan fingerprint density at radius 2 is 2.04 bits per heavy atom. The lowest BCUT2D eigenvalue weighted by Crippen LogP contribution is -2.21. The van der Waals surface area contributed by atoms with Gasteiger partial charge in [-0.3, -0.25) is 4.79 Å². The Hall–Kier alpha value is -3.02. The number of carbonyl (C=O) groups is 1. The highest BCUT2D eigenvalue weighted by Gasteiger charge is 2.25. The number of nitrogens with one attached hydrogen (secondary N) is 2. The first-order valence-corrected chi connectivity index (χ1v) is 8.08. The number of nitrogens with two attached hydrogens (primary N) is 2. The Balaban J connectivity index is 1.78. The van der Waals surface area contributed by atoms with Crippen LogP contribution >= 0.6 is 0 Å². The first-order chi connectivity index (χ1) is 11.6. The number of amides is 1. The minimum atomic E-state index is -0.0994. The van der Waals surface area contributed by atoms with Gasteiger partial charge in [0.1, 0.15) is 0 Å². The molecule has 0 bridgehead atoms. The molecular weight excluding hydrogens is 302 g/mol. The first-order valence-electron chi connectivity index (χ1n) is 8.08. The summed E-state index contributed by atoms with van der Waals surface area (Å²) in [6, 6.07) is 5.43. The van der Waals surface area contributed by atoms with Crippen LogP contribution in [0.2, 0.25) is 0 Å². The van der Waals surface area contributed by atoms with Gasteiger partial charge < -0.3 is 21.8 Å². The zero-order valence-corrected chi connectivity index (χ0v) is 13.2. The predicted octanol–water partition coefficient (Wildman–Crippen LogP) is 2.29. The number of aliphatic imine (C=N–C) groups is 1. The van der Waals surface area contributed by atoms with Gasteiger partial charge >= 0.3 is 0 Å². The standard InChI is InChI=1S/C18H19N5O/c19-18(20)22-11-5-6-16-13(8-11)14(17(24)23-16)7-10-9-21-15-4-2-1-3-12(10)15/h5-9,21H,1-4H2,(H,23,24)(H4,19,20,22). The number of guanidine groups is 1. The van der Waals surface area contributed by atoms with Crippen LogP contribution in [0.25, 0.3) is 11.6 Å². The fourth-order valence-electron chi connectivity index (χ4n) is 3.46. The summed E-state index contributed by atoms with van der Waals surface area (Å²) in [5, 5.41) is 2.89. The average molecular weight is 321 g/mol. The van der Waals surface area contributed by atoms with E-state index in [0.717, 1.165) is 29.7 Å². The Labute approximate surface area is 139 Å². The Bertz CT molecular complexity index is 887. The smallest absolute Gasteiger partial charge is 0.256 e. The van der Waals surface area contributed by atoms with Crippen LogP contribution in [0.15, 0.2) is 29.4 Å². The first kappa shape index (κ1) is 14.6. The largest absolute Gasteiger partial charge is 0.370 e. The quantitative estimate of drug-likeness (QED) is 0.387. The van der Waals surface area contributed by atoms with Crippen LogP contribution in [-0.2, 0) is 17.6 Å². The van der Waals surface area contributed by atoms with Gasteiger partial charge in [0.2, 0.25) is 0 Å². The molecule has 0 saturated heterocycles. The predicted molar refractivity (Wildman–Crippen MR) is 95.8 cm³/mol. The summed E-state index contributed by atoms with van der Waals surface area (Å²) in [7, 11) is 0. The lowest BCUT2D eigenvalue weighted by molar-refractivity contribution is -0.110. The number of benzene rings is 1. The van der Waals surface area contributed by atoms with Gasteiger partial charge in [0, 0.05) is 28.7 Å². The van der Waals surface area contributed by atoms with Crippen molar-refractivity contribution >= 4 is 34.9 Å². The number of rotatable bonds is 2. The number of hydrogen-bond acceptors (Lipinski definition) is 2. The monoisotopic (exact) mass is 321 g/mol. The lowest BCUT2D eigenvalue weighted by atomic mass is 9.93. The zero-order valence-electron chi connectivity index (χ0n) is 13.2. The van der Waals surface area contributed by atoms with Crippen LogP contribution in [0, 0.1) is 0 Å². The summed E-state index contributed by atoms with van der Waals surface area (Å²) in [4.78, 5) is 19.8. The van der Waals surface area contributed by atoms with E-state index in [1.807, 2.05) is 24.4 Å². The van der Waals surface area contributed by atoms with E-state index < -0.39 is 0 Å². The molecule has 0 fully saturated rings. The molecule has 2 aromatic rings. The molecule has 1 aromatic carbocycles. The van der Waals surface area contributed by atoms with E-state index in [1.54, 1.807) is 6.07 Å². The maximum atomic E-state index is 12.4. The third kappa shape index (κ3) is 2.46. The normalized spacial score (nSPS) is 17.3. The van der Waals surface area contributed by atoms with Gasteiger partial charge in [-0.2, -0.15) is 0 Å². The third-order valence-corrected chi connectivity index (χ3v) is 4.56. The van der Waals surface area contributed by atoms with Crippen molar-refractivity contribution in [3.8, 4) is 0 Å². The van der Waals surface area contributed by atoms with Crippen molar-refractivity contribution in [1.29, 1.82) is 0 Å². The Morgan fingerprint density at radius 3 is 2.88 bits per heavy atom. The van der Waals surface area contributed by atoms with Crippen molar-refractivity contribution in [3.63, 3.8) is 0 Å². The van der Waals surface area contributed by atoms with Crippen molar-refractivity contribution in [1.82, 2.24) is 4.98 Å². The summed E-state index contributed by atoms with van der Waals surface area (Å²) < 4.78 is 0. The average Bonchev–Trinajstić information content (AvgIpc) is 3.09. The fraction of sp³-hybridized carbons (Fsp3) is 0.222. The van der Waals surface area contributed by atoms with Gasteiger partial charge in [0.25, 0.3) is 5.91 Å². The molecule has 6 heteroatoms. The van der Waals surface area contributed by atoms with Gasteiger partial charge in [0.05, 0.1) is 5.69 Å². The SMILES string of the molecule is NC(N)=Nc1ccc2c(c1)C(=Cc1c[nH]c3c1CCCC3)C(=O)N2. The number of H-pyrrole nitrogens is 1. The highest BCUT2D eigenvalue weighted by Crippen LogP contribution is 2.37. The van der Waals surface area contributed by atoms with E-state index in [-0.39, 0.29) is 11.9 Å². The maximum Gasteiger partial charge on any atom is 0.256 e. The summed E-state index contributed by atoms with van der Waals surface area (Å²) in [5.41, 5.74) is 17.5. The van der Waals surface area contributed by atoms with Crippen LogP contribution in [0.3, 0.4) is 0 Å². The minimum absolute atomic E-state index is 0.00235. The van der Waals surface area contributed by atoms with E-state index >= 15 is 0 Å². The molecule has 4 rings (SSSR count). The topological polar surface area (TPSA) is 109 Å². The third-order valence-electron chi connectivity index (χ3n) is 4.56. The van der Waals surface area contributed by atoms with Gasteiger partial charge in [-0.1, -0.05) is 0 Å². The highest BCUT2D eigenvalue weighted by molar-refractivity contribution is 6.35. The second-order valence-electron chi connectivity index (χ2n) is 6.19. The molecule has 6 N–H and O–H groups in total. The molecule has 122 valence electrons. The van der Waals surface area contributed by atoms with E-state index in [1.165, 1.54) is 24.1 Å². The van der Waals surface area contributed by atoms with Gasteiger partial charge in [-0.15, -0.1) is 0 Å². The van der Waals surface area contributed by atoms with Crippen molar-refractivity contribution in [2.75, 3.05) is 5.32 Å². The molecule has 1 aliphatic heterocycles. The number of hydrogen-bond donors (Lipinski definition) is 4. The molecule has 1 aliphatic carbocycles. The summed E-state index contributed by atoms with van der Waals surface area (Å²) in [5.74, 6) is -0.102. The van der Waals surface area contributed by atoms with Crippen molar-refractivity contribution < 1.29 is 4.79 Å². The second kappa shape index (κ2) is 5.56. The van der Waals surface area contributed by atoms with Gasteiger partial charge in [0.15, 0.2) is 5.96 Å². The molecule has 2 aliphatic rings. The van der Waals surface area contributed by atoms with E-state index in [2.05, 4.69) is 15.3 Å². The molecule has 24 heavy (non-hydrogen) atoms. The molecule has 2 heterocycles. The van der Waals surface area contributed by atoms with Crippen LogP contribution in [0.1, 0.15) is 35.2 Å². The van der Waals surface area contributed by atoms with Gasteiger partial charge in [-0.05, 0) is 61.1 Å². The highest BCUT2D eigenvalue weighted by atomic mass is 16.2. The second-order valence-corrected chi connectivity index (χ2v) is 6.19. The van der Waals surface area contributed by atoms with E-state index in [9.17, 15) is 4.79 Å². The number of aromatic amines is 1. The number of fused-ring (bicyclic) bond motifs is 2. The van der Waals surface area contributed by atoms with Gasteiger partial charge in [-0.25, -0.2) is 4.99 Å².